The van der Waals surface area contributed by atoms with Crippen LogP contribution in [0.25, 0.3) is 0 Å². The summed E-state index contributed by atoms with van der Waals surface area (Å²) in [4.78, 5) is 25.8. The SMILES string of the molecule is CCOC(=O)C(C(=O)OCC)=C1/C=C\C(C)(O[Si](C)(C)C(C)(C)C)CC/C=C(\C)CC/C=C(\C)CC1. The Bertz CT molecular complexity index is 866. The van der Waals surface area contributed by atoms with Crippen LogP contribution in [0.3, 0.4) is 0 Å². The van der Waals surface area contributed by atoms with Gasteiger partial charge in [0.2, 0.25) is 0 Å². The third-order valence-corrected chi connectivity index (χ3v) is 11.8. The maximum Gasteiger partial charge on any atom is 0.345 e. The van der Waals surface area contributed by atoms with Gasteiger partial charge in [-0.05, 0) is 96.8 Å². The molecule has 1 aliphatic carbocycles. The zero-order valence-corrected chi connectivity index (χ0v) is 25.5. The minimum absolute atomic E-state index is 0.0136. The van der Waals surface area contributed by atoms with Crippen LogP contribution >= 0.6 is 0 Å². The van der Waals surface area contributed by atoms with E-state index >= 15 is 0 Å². The second kappa shape index (κ2) is 14.1. The predicted molar refractivity (Wildman–Crippen MR) is 151 cm³/mol. The number of carbonyl (C=O) groups excluding carboxylic acids is 2. The molecule has 0 fully saturated rings. The molecular formula is C30H50O5Si. The van der Waals surface area contributed by atoms with Gasteiger partial charge in [0.15, 0.2) is 8.32 Å². The quantitative estimate of drug-likeness (QED) is 0.0890. The molecule has 0 spiro atoms. The molecule has 6 heteroatoms. The summed E-state index contributed by atoms with van der Waals surface area (Å²) in [5.41, 5.74) is 2.70. The van der Waals surface area contributed by atoms with Crippen LogP contribution in [0.1, 0.15) is 93.9 Å². The van der Waals surface area contributed by atoms with E-state index in [1.165, 1.54) is 11.1 Å². The van der Waals surface area contributed by atoms with Crippen LogP contribution in [-0.2, 0) is 23.5 Å². The molecule has 0 aromatic heterocycles. The molecule has 0 amide bonds. The van der Waals surface area contributed by atoms with Gasteiger partial charge in [-0.3, -0.25) is 0 Å². The fourth-order valence-electron chi connectivity index (χ4n) is 3.91. The lowest BCUT2D eigenvalue weighted by molar-refractivity contribution is -0.146. The molecule has 0 saturated heterocycles. The van der Waals surface area contributed by atoms with Gasteiger partial charge in [0.1, 0.15) is 5.57 Å². The Morgan fingerprint density at radius 2 is 1.44 bits per heavy atom. The highest BCUT2D eigenvalue weighted by molar-refractivity contribution is 6.74. The summed E-state index contributed by atoms with van der Waals surface area (Å²) in [6.07, 6.45) is 13.5. The zero-order valence-electron chi connectivity index (χ0n) is 24.5. The van der Waals surface area contributed by atoms with Gasteiger partial charge in [-0.2, -0.15) is 0 Å². The van der Waals surface area contributed by atoms with Crippen LogP contribution in [0.2, 0.25) is 18.1 Å². The van der Waals surface area contributed by atoms with Gasteiger partial charge >= 0.3 is 11.9 Å². The van der Waals surface area contributed by atoms with Gasteiger partial charge in [-0.1, -0.05) is 56.2 Å². The highest BCUT2D eigenvalue weighted by Gasteiger charge is 2.42. The molecule has 0 aliphatic heterocycles. The van der Waals surface area contributed by atoms with E-state index in [2.05, 4.69) is 72.9 Å². The smallest absolute Gasteiger partial charge is 0.345 e. The normalized spacial score (nSPS) is 24.4. The Morgan fingerprint density at radius 3 is 1.97 bits per heavy atom. The zero-order chi connectivity index (χ0) is 27.6. The van der Waals surface area contributed by atoms with Crippen LogP contribution in [0.4, 0.5) is 0 Å². The molecule has 0 bridgehead atoms. The molecule has 204 valence electrons. The van der Waals surface area contributed by atoms with Crippen LogP contribution in [-0.4, -0.2) is 39.1 Å². The molecule has 0 saturated carbocycles. The molecule has 0 aromatic rings. The van der Waals surface area contributed by atoms with Crippen molar-refractivity contribution in [3.05, 3.63) is 46.6 Å². The number of allylic oxidation sites excluding steroid dienone is 6. The van der Waals surface area contributed by atoms with Crippen molar-refractivity contribution in [1.82, 2.24) is 0 Å². The summed E-state index contributed by atoms with van der Waals surface area (Å²) in [7, 11) is -2.10. The standard InChI is InChI=1S/C30H50O5Si/c1-11-33-27(31)26(28(32)34-12-2)25-19-18-24(4)16-13-15-23(3)17-14-21-30(8,22-20-25)35-36(9,10)29(5,6)7/h16-17,20,22H,11-15,18-19,21H2,1-10H3/b22-20-,23-17+,24-16+. The molecule has 1 rings (SSSR count). The van der Waals surface area contributed by atoms with E-state index < -0.39 is 25.9 Å². The second-order valence-corrected chi connectivity index (χ2v) is 16.3. The number of carbonyl (C=O) groups is 2. The van der Waals surface area contributed by atoms with Crippen molar-refractivity contribution >= 4 is 20.3 Å². The van der Waals surface area contributed by atoms with E-state index in [0.717, 1.165) is 32.1 Å². The molecule has 0 heterocycles. The van der Waals surface area contributed by atoms with Gasteiger partial charge in [0.25, 0.3) is 0 Å². The first-order valence-electron chi connectivity index (χ1n) is 13.4. The van der Waals surface area contributed by atoms with Crippen molar-refractivity contribution in [1.29, 1.82) is 0 Å². The lowest BCUT2D eigenvalue weighted by atomic mass is 9.93. The predicted octanol–water partition coefficient (Wildman–Crippen LogP) is 7.99. The Kier molecular flexibility index (Phi) is 12.6. The van der Waals surface area contributed by atoms with Gasteiger partial charge in [0, 0.05) is 0 Å². The summed E-state index contributed by atoms with van der Waals surface area (Å²) in [5.74, 6) is -1.27. The van der Waals surface area contributed by atoms with Crippen molar-refractivity contribution in [2.45, 2.75) is 118 Å². The highest BCUT2D eigenvalue weighted by atomic mass is 28.4. The third-order valence-electron chi connectivity index (χ3n) is 7.17. The topological polar surface area (TPSA) is 61.8 Å². The molecule has 1 atom stereocenters. The fourth-order valence-corrected chi connectivity index (χ4v) is 5.55. The fraction of sp³-hybridized carbons (Fsp3) is 0.667. The van der Waals surface area contributed by atoms with E-state index in [1.807, 2.05) is 6.08 Å². The molecule has 0 N–H and O–H groups in total. The molecule has 5 nitrogen and oxygen atoms in total. The van der Waals surface area contributed by atoms with Crippen molar-refractivity contribution in [3.63, 3.8) is 0 Å². The maximum atomic E-state index is 12.9. The van der Waals surface area contributed by atoms with E-state index in [9.17, 15) is 9.59 Å². The summed E-state index contributed by atoms with van der Waals surface area (Å²) < 4.78 is 17.5. The van der Waals surface area contributed by atoms with Gasteiger partial charge < -0.3 is 13.9 Å². The first kappa shape index (κ1) is 32.1. The number of rotatable bonds is 6. The second-order valence-electron chi connectivity index (χ2n) is 11.5. The lowest BCUT2D eigenvalue weighted by Gasteiger charge is -2.43. The van der Waals surface area contributed by atoms with Crippen LogP contribution < -0.4 is 0 Å². The largest absolute Gasteiger partial charge is 0.462 e. The average Bonchev–Trinajstić information content (AvgIpc) is 2.74. The van der Waals surface area contributed by atoms with Crippen LogP contribution in [0.5, 0.6) is 0 Å². The maximum absolute atomic E-state index is 12.9. The van der Waals surface area contributed by atoms with Gasteiger partial charge in [-0.25, -0.2) is 9.59 Å². The summed E-state index contributed by atoms with van der Waals surface area (Å²) in [6.45, 7) is 21.5. The average molecular weight is 519 g/mol. The highest BCUT2D eigenvalue weighted by Crippen LogP contribution is 2.41. The van der Waals surface area contributed by atoms with Gasteiger partial charge in [0.05, 0.1) is 18.8 Å². The van der Waals surface area contributed by atoms with E-state index in [0.29, 0.717) is 12.0 Å². The van der Waals surface area contributed by atoms with E-state index in [4.69, 9.17) is 13.9 Å². The Labute approximate surface area is 221 Å². The van der Waals surface area contributed by atoms with Crippen molar-refractivity contribution in [2.75, 3.05) is 13.2 Å². The van der Waals surface area contributed by atoms with E-state index in [-0.39, 0.29) is 23.8 Å². The summed E-state index contributed by atoms with van der Waals surface area (Å²) in [6, 6.07) is 0. The molecular weight excluding hydrogens is 468 g/mol. The van der Waals surface area contributed by atoms with Crippen molar-refractivity contribution in [3.8, 4) is 0 Å². The minimum atomic E-state index is -2.10. The number of hydrogen-bond acceptors (Lipinski definition) is 5. The molecule has 36 heavy (non-hydrogen) atoms. The van der Waals surface area contributed by atoms with E-state index in [1.54, 1.807) is 13.8 Å². The number of hydrogen-bond donors (Lipinski definition) is 0. The van der Waals surface area contributed by atoms with Crippen LogP contribution in [0, 0.1) is 0 Å². The Hall–Kier alpha value is -1.92. The van der Waals surface area contributed by atoms with Crippen molar-refractivity contribution in [2.24, 2.45) is 0 Å². The summed E-state index contributed by atoms with van der Waals surface area (Å²) in [5, 5.41) is 0.0519. The number of ether oxygens (including phenoxy) is 2. The monoisotopic (exact) mass is 518 g/mol. The van der Waals surface area contributed by atoms with Gasteiger partial charge in [-0.15, -0.1) is 0 Å². The molecule has 1 aliphatic rings. The van der Waals surface area contributed by atoms with Crippen molar-refractivity contribution < 1.29 is 23.5 Å². The molecule has 1 unspecified atom stereocenters. The first-order valence-corrected chi connectivity index (χ1v) is 16.3. The lowest BCUT2D eigenvalue weighted by Crippen LogP contribution is -2.47. The Balaban J connectivity index is 3.69. The van der Waals surface area contributed by atoms with Crippen LogP contribution in [0.15, 0.2) is 46.6 Å². The Morgan fingerprint density at radius 1 is 0.917 bits per heavy atom. The minimum Gasteiger partial charge on any atom is -0.462 e. The third kappa shape index (κ3) is 10.2. The summed E-state index contributed by atoms with van der Waals surface area (Å²) >= 11 is 0. The molecule has 0 radical (unpaired) electrons. The first-order chi connectivity index (χ1) is 16.7. The molecule has 0 aromatic carbocycles. The number of esters is 2.